The van der Waals surface area contributed by atoms with E-state index in [9.17, 15) is 14.7 Å². The molecule has 4 rings (SSSR count). The van der Waals surface area contributed by atoms with Crippen LogP contribution in [0.2, 0.25) is 0 Å². The molecule has 4 N–H and O–H groups in total. The molecule has 1 fully saturated rings. The first-order valence-electron chi connectivity index (χ1n) is 11.6. The van der Waals surface area contributed by atoms with Gasteiger partial charge in [-0.25, -0.2) is 4.98 Å². The van der Waals surface area contributed by atoms with E-state index in [1.807, 2.05) is 36.4 Å². The van der Waals surface area contributed by atoms with Gasteiger partial charge in [0.2, 0.25) is 5.91 Å². The third-order valence-electron chi connectivity index (χ3n) is 5.65. The molecule has 11 heteroatoms. The first-order chi connectivity index (χ1) is 17.5. The van der Waals surface area contributed by atoms with Gasteiger partial charge in [-0.3, -0.25) is 14.7 Å². The third kappa shape index (κ3) is 7.37. The van der Waals surface area contributed by atoms with E-state index in [2.05, 4.69) is 20.5 Å². The monoisotopic (exact) mass is 512 g/mol. The zero-order chi connectivity index (χ0) is 25.3. The number of rotatable bonds is 11. The summed E-state index contributed by atoms with van der Waals surface area (Å²) < 4.78 is 12.6. The molecule has 0 aliphatic carbocycles. The van der Waals surface area contributed by atoms with Gasteiger partial charge in [-0.15, -0.1) is 0 Å². The number of ether oxygens (including phenoxy) is 2. The lowest BCUT2D eigenvalue weighted by Gasteiger charge is -2.36. The Kier molecular flexibility index (Phi) is 9.06. The molecule has 0 unspecified atom stereocenters. The number of aromatic amines is 1. The number of carboxylic acids is 1. The Morgan fingerprint density at radius 3 is 2.67 bits per heavy atom. The fourth-order valence-electron chi connectivity index (χ4n) is 3.85. The van der Waals surface area contributed by atoms with Crippen molar-refractivity contribution in [3.05, 3.63) is 71.5 Å². The third-order valence-corrected chi connectivity index (χ3v) is 6.66. The summed E-state index contributed by atoms with van der Waals surface area (Å²) in [4.78, 5) is 27.1. The number of carbonyl (C=O) groups is 2. The molecule has 3 aromatic rings. The standard InChI is InChI=1S/C25H28N4O6S/c30-13-16-7-9-17(10-8-16)21-12-20(14-36-25-26-15-27-29-25)34-24(35-21)18-3-1-4-19(11-18)28-22(31)5-2-6-23(32)33/h1,3-4,7-11,15,20-21,24,30H,2,5-6,12-14H2,(H,28,31)(H,32,33)(H,26,27,29)/t20-,21+,24+/m1/s1. The number of benzene rings is 2. The molecular formula is C25H28N4O6S. The zero-order valence-corrected chi connectivity index (χ0v) is 20.3. The van der Waals surface area contributed by atoms with Crippen LogP contribution in [0.1, 0.15) is 54.8 Å². The van der Waals surface area contributed by atoms with E-state index in [-0.39, 0.29) is 44.0 Å². The molecule has 1 aromatic heterocycles. The lowest BCUT2D eigenvalue weighted by molar-refractivity contribution is -0.245. The van der Waals surface area contributed by atoms with Crippen LogP contribution in [0.5, 0.6) is 0 Å². The lowest BCUT2D eigenvalue weighted by Crippen LogP contribution is -2.31. The fourth-order valence-corrected chi connectivity index (χ4v) is 4.64. The second-order valence-electron chi connectivity index (χ2n) is 8.37. The second kappa shape index (κ2) is 12.6. The van der Waals surface area contributed by atoms with E-state index in [4.69, 9.17) is 14.6 Å². The van der Waals surface area contributed by atoms with Gasteiger partial charge in [0.15, 0.2) is 11.4 Å². The van der Waals surface area contributed by atoms with Gasteiger partial charge in [-0.2, -0.15) is 5.10 Å². The molecule has 3 atom stereocenters. The van der Waals surface area contributed by atoms with E-state index >= 15 is 0 Å². The van der Waals surface area contributed by atoms with Crippen molar-refractivity contribution in [1.29, 1.82) is 0 Å². The Morgan fingerprint density at radius 2 is 1.94 bits per heavy atom. The highest BCUT2D eigenvalue weighted by Gasteiger charge is 2.32. The highest BCUT2D eigenvalue weighted by Crippen LogP contribution is 2.39. The number of H-pyrrole nitrogens is 1. The fraction of sp³-hybridized carbons (Fsp3) is 0.360. The first kappa shape index (κ1) is 25.8. The average molecular weight is 513 g/mol. The number of aromatic nitrogens is 3. The SMILES string of the molecule is O=C(O)CCCC(=O)Nc1cccc([C@H]2O[C@@H](CSc3ncn[nH]3)C[C@@H](c3ccc(CO)cc3)O2)c1. The molecule has 190 valence electrons. The Balaban J connectivity index is 1.47. The van der Waals surface area contributed by atoms with Gasteiger partial charge in [-0.1, -0.05) is 48.2 Å². The van der Waals surface area contributed by atoms with Crippen molar-refractivity contribution in [2.45, 2.75) is 55.9 Å². The predicted octanol–water partition coefficient (Wildman–Crippen LogP) is 3.83. The summed E-state index contributed by atoms with van der Waals surface area (Å²) in [6.45, 7) is -0.0250. The number of aliphatic hydroxyl groups is 1. The normalized spacial score (nSPS) is 19.6. The van der Waals surface area contributed by atoms with Gasteiger partial charge in [0.1, 0.15) is 6.33 Å². The number of nitrogens with zero attached hydrogens (tertiary/aromatic N) is 2. The molecule has 0 radical (unpaired) electrons. The van der Waals surface area contributed by atoms with Crippen LogP contribution < -0.4 is 5.32 Å². The molecule has 2 heterocycles. The number of carboxylic acid groups (broad SMARTS) is 1. The molecule has 0 saturated carbocycles. The highest BCUT2D eigenvalue weighted by atomic mass is 32.2. The van der Waals surface area contributed by atoms with Crippen LogP contribution >= 0.6 is 11.8 Å². The van der Waals surface area contributed by atoms with Crippen molar-refractivity contribution in [2.75, 3.05) is 11.1 Å². The Morgan fingerprint density at radius 1 is 1.11 bits per heavy atom. The number of anilines is 1. The smallest absolute Gasteiger partial charge is 0.303 e. The van der Waals surface area contributed by atoms with Crippen LogP contribution in [0.15, 0.2) is 60.0 Å². The number of carbonyl (C=O) groups excluding carboxylic acids is 1. The van der Waals surface area contributed by atoms with Crippen LogP contribution in [-0.2, 0) is 25.7 Å². The molecule has 1 aliphatic heterocycles. The molecular weight excluding hydrogens is 484 g/mol. The van der Waals surface area contributed by atoms with Crippen molar-refractivity contribution in [3.8, 4) is 0 Å². The number of nitrogens with one attached hydrogen (secondary N) is 2. The van der Waals surface area contributed by atoms with Gasteiger partial charge >= 0.3 is 5.97 Å². The number of aliphatic hydroxyl groups excluding tert-OH is 1. The van der Waals surface area contributed by atoms with Crippen LogP contribution in [0.25, 0.3) is 0 Å². The Labute approximate surface area is 212 Å². The van der Waals surface area contributed by atoms with E-state index < -0.39 is 12.3 Å². The van der Waals surface area contributed by atoms with E-state index in [0.717, 1.165) is 16.7 Å². The first-order valence-corrected chi connectivity index (χ1v) is 12.6. The topological polar surface area (TPSA) is 147 Å². The molecule has 1 aliphatic rings. The van der Waals surface area contributed by atoms with Crippen LogP contribution in [0.3, 0.4) is 0 Å². The maximum Gasteiger partial charge on any atom is 0.303 e. The summed E-state index contributed by atoms with van der Waals surface area (Å²) >= 11 is 1.51. The van der Waals surface area contributed by atoms with E-state index in [1.54, 1.807) is 12.1 Å². The van der Waals surface area contributed by atoms with Crippen molar-refractivity contribution in [2.24, 2.45) is 0 Å². The summed E-state index contributed by atoms with van der Waals surface area (Å²) in [5.41, 5.74) is 3.15. The van der Waals surface area contributed by atoms with E-state index in [1.165, 1.54) is 18.1 Å². The van der Waals surface area contributed by atoms with Crippen molar-refractivity contribution in [3.63, 3.8) is 0 Å². The maximum absolute atomic E-state index is 12.2. The molecule has 1 amide bonds. The van der Waals surface area contributed by atoms with Crippen molar-refractivity contribution >= 4 is 29.3 Å². The minimum absolute atomic E-state index is 0.0250. The van der Waals surface area contributed by atoms with Crippen LogP contribution in [0.4, 0.5) is 5.69 Å². The van der Waals surface area contributed by atoms with Crippen LogP contribution in [0, 0.1) is 0 Å². The summed E-state index contributed by atoms with van der Waals surface area (Å²) in [6.07, 6.45) is 1.41. The quantitative estimate of drug-likeness (QED) is 0.281. The molecule has 2 aromatic carbocycles. The minimum atomic E-state index is -0.923. The van der Waals surface area contributed by atoms with E-state index in [0.29, 0.717) is 23.0 Å². The molecule has 0 bridgehead atoms. The predicted molar refractivity (Wildman–Crippen MR) is 132 cm³/mol. The second-order valence-corrected chi connectivity index (χ2v) is 9.38. The molecule has 36 heavy (non-hydrogen) atoms. The maximum atomic E-state index is 12.2. The number of hydrogen-bond donors (Lipinski definition) is 4. The summed E-state index contributed by atoms with van der Waals surface area (Å²) in [6, 6.07) is 14.9. The minimum Gasteiger partial charge on any atom is -0.481 e. The van der Waals surface area contributed by atoms with Crippen molar-refractivity contribution in [1.82, 2.24) is 15.2 Å². The van der Waals surface area contributed by atoms with Gasteiger partial charge in [0, 0.05) is 36.3 Å². The Hall–Kier alpha value is -3.25. The van der Waals surface area contributed by atoms with Gasteiger partial charge in [0.25, 0.3) is 0 Å². The van der Waals surface area contributed by atoms with Gasteiger partial charge in [0.05, 0.1) is 18.8 Å². The average Bonchev–Trinajstić information content (AvgIpc) is 3.41. The molecule has 10 nitrogen and oxygen atoms in total. The summed E-state index contributed by atoms with van der Waals surface area (Å²) in [5.74, 6) is -0.532. The van der Waals surface area contributed by atoms with Gasteiger partial charge in [-0.05, 0) is 29.7 Å². The Bertz CT molecular complexity index is 1140. The molecule has 0 spiro atoms. The van der Waals surface area contributed by atoms with Crippen LogP contribution in [-0.4, -0.2) is 49.1 Å². The highest BCUT2D eigenvalue weighted by molar-refractivity contribution is 7.99. The summed E-state index contributed by atoms with van der Waals surface area (Å²) in [7, 11) is 0. The largest absolute Gasteiger partial charge is 0.481 e. The molecule has 1 saturated heterocycles. The number of thioether (sulfide) groups is 1. The lowest BCUT2D eigenvalue weighted by atomic mass is 10.0. The van der Waals surface area contributed by atoms with Crippen molar-refractivity contribution < 1.29 is 29.3 Å². The van der Waals surface area contributed by atoms with Gasteiger partial charge < -0.3 is 25.0 Å². The summed E-state index contributed by atoms with van der Waals surface area (Å²) in [5, 5.41) is 28.4. The number of hydrogen-bond acceptors (Lipinski definition) is 8. The number of amides is 1. The number of aliphatic carboxylic acids is 1. The zero-order valence-electron chi connectivity index (χ0n) is 19.5.